The standard InChI is InChI=1S/C23H21ClFN3O3S/c1-3-4-22-27-18(12-32-22)14-5-8-20-19(9-14)28(23(30)13(2)31-20)11-21(29)26-15-6-7-17(25)16(24)10-15/h5-10,12-13H,3-4,11H2,1-2H3,(H,26,29). The fourth-order valence-corrected chi connectivity index (χ4v) is 4.51. The van der Waals surface area contributed by atoms with Gasteiger partial charge in [-0.1, -0.05) is 18.5 Å². The number of nitrogens with one attached hydrogen (secondary N) is 1. The number of carbonyl (C=O) groups excluding carboxylic acids is 2. The van der Waals surface area contributed by atoms with E-state index in [1.165, 1.54) is 23.1 Å². The number of hydrogen-bond donors (Lipinski definition) is 1. The Hall–Kier alpha value is -2.97. The van der Waals surface area contributed by atoms with E-state index in [1.807, 2.05) is 17.5 Å². The third kappa shape index (κ3) is 4.61. The normalized spacial score (nSPS) is 15.3. The van der Waals surface area contributed by atoms with E-state index < -0.39 is 17.8 Å². The smallest absolute Gasteiger partial charge is 0.268 e. The van der Waals surface area contributed by atoms with E-state index in [2.05, 4.69) is 17.2 Å². The minimum atomic E-state index is -0.725. The largest absolute Gasteiger partial charge is 0.479 e. The predicted molar refractivity (Wildman–Crippen MR) is 124 cm³/mol. The Kier molecular flexibility index (Phi) is 6.43. The highest BCUT2D eigenvalue weighted by Crippen LogP contribution is 2.38. The Balaban J connectivity index is 1.60. The molecule has 1 aromatic heterocycles. The number of rotatable bonds is 6. The van der Waals surface area contributed by atoms with E-state index in [9.17, 15) is 14.0 Å². The number of hydrogen-bond acceptors (Lipinski definition) is 5. The molecule has 0 saturated heterocycles. The third-order valence-corrected chi connectivity index (χ3v) is 6.18. The maximum Gasteiger partial charge on any atom is 0.268 e. The van der Waals surface area contributed by atoms with Gasteiger partial charge in [-0.3, -0.25) is 14.5 Å². The average Bonchev–Trinajstić information content (AvgIpc) is 3.23. The second-order valence-corrected chi connectivity index (χ2v) is 8.77. The van der Waals surface area contributed by atoms with E-state index >= 15 is 0 Å². The van der Waals surface area contributed by atoms with Crippen molar-refractivity contribution in [1.82, 2.24) is 4.98 Å². The van der Waals surface area contributed by atoms with Crippen LogP contribution in [0.4, 0.5) is 15.8 Å². The van der Waals surface area contributed by atoms with Gasteiger partial charge in [0.05, 0.1) is 21.4 Å². The molecule has 166 valence electrons. The Morgan fingerprint density at radius 2 is 2.12 bits per heavy atom. The summed E-state index contributed by atoms with van der Waals surface area (Å²) in [4.78, 5) is 31.6. The lowest BCUT2D eigenvalue weighted by molar-refractivity contribution is -0.127. The van der Waals surface area contributed by atoms with Crippen molar-refractivity contribution in [2.24, 2.45) is 0 Å². The van der Waals surface area contributed by atoms with Crippen LogP contribution >= 0.6 is 22.9 Å². The maximum absolute atomic E-state index is 13.4. The first-order chi connectivity index (χ1) is 15.4. The molecule has 1 unspecified atom stereocenters. The first-order valence-electron chi connectivity index (χ1n) is 10.2. The number of fused-ring (bicyclic) bond motifs is 1. The minimum Gasteiger partial charge on any atom is -0.479 e. The zero-order valence-electron chi connectivity index (χ0n) is 17.5. The summed E-state index contributed by atoms with van der Waals surface area (Å²) in [6.07, 6.45) is 1.20. The molecule has 4 rings (SSSR count). The molecule has 0 radical (unpaired) electrons. The van der Waals surface area contributed by atoms with Gasteiger partial charge in [0, 0.05) is 16.6 Å². The molecular formula is C23H21ClFN3O3S. The maximum atomic E-state index is 13.4. The summed E-state index contributed by atoms with van der Waals surface area (Å²) in [5.74, 6) is -0.827. The van der Waals surface area contributed by atoms with Gasteiger partial charge in [0.1, 0.15) is 18.1 Å². The summed E-state index contributed by atoms with van der Waals surface area (Å²) in [6.45, 7) is 3.52. The molecule has 1 aliphatic rings. The number of thiazole rings is 1. The molecule has 1 atom stereocenters. The van der Waals surface area contributed by atoms with Crippen LogP contribution in [0.3, 0.4) is 0 Å². The zero-order valence-corrected chi connectivity index (χ0v) is 19.1. The van der Waals surface area contributed by atoms with Gasteiger partial charge in [0.2, 0.25) is 5.91 Å². The van der Waals surface area contributed by atoms with Crippen LogP contribution in [0, 0.1) is 5.82 Å². The van der Waals surface area contributed by atoms with Crippen molar-refractivity contribution in [1.29, 1.82) is 0 Å². The molecule has 2 amide bonds. The van der Waals surface area contributed by atoms with Gasteiger partial charge < -0.3 is 10.1 Å². The fourth-order valence-electron chi connectivity index (χ4n) is 3.42. The number of aryl methyl sites for hydroxylation is 1. The van der Waals surface area contributed by atoms with Crippen molar-refractivity contribution in [3.63, 3.8) is 0 Å². The lowest BCUT2D eigenvalue weighted by Gasteiger charge is -2.32. The molecule has 32 heavy (non-hydrogen) atoms. The van der Waals surface area contributed by atoms with E-state index in [1.54, 1.807) is 24.3 Å². The van der Waals surface area contributed by atoms with E-state index in [0.717, 1.165) is 29.1 Å². The van der Waals surface area contributed by atoms with Crippen LogP contribution in [-0.4, -0.2) is 29.4 Å². The number of carbonyl (C=O) groups is 2. The molecule has 0 spiro atoms. The SMILES string of the molecule is CCCc1nc(-c2ccc3c(c2)N(CC(=O)Nc2ccc(F)c(Cl)c2)C(=O)C(C)O3)cs1. The zero-order chi connectivity index (χ0) is 22.8. The van der Waals surface area contributed by atoms with Crippen molar-refractivity contribution < 1.29 is 18.7 Å². The summed E-state index contributed by atoms with van der Waals surface area (Å²) in [6, 6.07) is 9.39. The van der Waals surface area contributed by atoms with Crippen molar-refractivity contribution in [3.05, 3.63) is 57.6 Å². The number of amides is 2. The van der Waals surface area contributed by atoms with Crippen molar-refractivity contribution in [2.75, 3.05) is 16.8 Å². The molecule has 0 saturated carbocycles. The van der Waals surface area contributed by atoms with Gasteiger partial charge in [0.25, 0.3) is 5.91 Å². The number of halogens is 2. The molecule has 6 nitrogen and oxygen atoms in total. The van der Waals surface area contributed by atoms with Gasteiger partial charge in [-0.2, -0.15) is 0 Å². The molecule has 2 aromatic carbocycles. The lowest BCUT2D eigenvalue weighted by Crippen LogP contribution is -2.47. The Morgan fingerprint density at radius 3 is 2.88 bits per heavy atom. The van der Waals surface area contributed by atoms with Crippen molar-refractivity contribution >= 4 is 46.1 Å². The summed E-state index contributed by atoms with van der Waals surface area (Å²) < 4.78 is 19.1. The molecule has 0 bridgehead atoms. The Morgan fingerprint density at radius 1 is 1.31 bits per heavy atom. The van der Waals surface area contributed by atoms with Crippen LogP contribution in [0.15, 0.2) is 41.8 Å². The molecule has 3 aromatic rings. The number of nitrogens with zero attached hydrogens (tertiary/aromatic N) is 2. The Bertz CT molecular complexity index is 1180. The van der Waals surface area contributed by atoms with Crippen LogP contribution in [-0.2, 0) is 16.0 Å². The predicted octanol–water partition coefficient (Wildman–Crippen LogP) is 5.31. The second kappa shape index (κ2) is 9.26. The van der Waals surface area contributed by atoms with Crippen molar-refractivity contribution in [3.8, 4) is 17.0 Å². The van der Waals surface area contributed by atoms with Gasteiger partial charge in [0.15, 0.2) is 6.10 Å². The number of aromatic nitrogens is 1. The van der Waals surface area contributed by atoms with Gasteiger partial charge in [-0.05, 0) is 56.2 Å². The van der Waals surface area contributed by atoms with Crippen molar-refractivity contribution in [2.45, 2.75) is 32.8 Å². The molecule has 0 aliphatic carbocycles. The Labute approximate surface area is 194 Å². The van der Waals surface area contributed by atoms with E-state index in [0.29, 0.717) is 17.1 Å². The van der Waals surface area contributed by atoms with E-state index in [4.69, 9.17) is 16.3 Å². The number of ether oxygens (including phenoxy) is 1. The summed E-state index contributed by atoms with van der Waals surface area (Å²) in [5, 5.41) is 5.59. The van der Waals surface area contributed by atoms with Gasteiger partial charge >= 0.3 is 0 Å². The highest BCUT2D eigenvalue weighted by atomic mass is 35.5. The minimum absolute atomic E-state index is 0.0976. The average molecular weight is 474 g/mol. The molecular weight excluding hydrogens is 453 g/mol. The van der Waals surface area contributed by atoms with Crippen LogP contribution in [0.2, 0.25) is 5.02 Å². The van der Waals surface area contributed by atoms with Crippen LogP contribution in [0.25, 0.3) is 11.3 Å². The monoisotopic (exact) mass is 473 g/mol. The lowest BCUT2D eigenvalue weighted by atomic mass is 10.1. The molecule has 1 N–H and O–H groups in total. The molecule has 2 heterocycles. The van der Waals surface area contributed by atoms with Gasteiger partial charge in [-0.25, -0.2) is 9.37 Å². The quantitative estimate of drug-likeness (QED) is 0.526. The molecule has 0 fully saturated rings. The second-order valence-electron chi connectivity index (χ2n) is 7.42. The van der Waals surface area contributed by atoms with Crippen LogP contribution in [0.5, 0.6) is 5.75 Å². The molecule has 9 heteroatoms. The van der Waals surface area contributed by atoms with Crippen LogP contribution in [0.1, 0.15) is 25.3 Å². The summed E-state index contributed by atoms with van der Waals surface area (Å²) in [7, 11) is 0. The topological polar surface area (TPSA) is 71.5 Å². The first-order valence-corrected chi connectivity index (χ1v) is 11.4. The first kappa shape index (κ1) is 22.2. The number of anilines is 2. The van der Waals surface area contributed by atoms with Gasteiger partial charge in [-0.15, -0.1) is 11.3 Å². The van der Waals surface area contributed by atoms with E-state index in [-0.39, 0.29) is 17.5 Å². The molecule has 1 aliphatic heterocycles. The summed E-state index contributed by atoms with van der Waals surface area (Å²) in [5.41, 5.74) is 2.50. The highest BCUT2D eigenvalue weighted by Gasteiger charge is 2.33. The fraction of sp³-hybridized carbons (Fsp3) is 0.261. The summed E-state index contributed by atoms with van der Waals surface area (Å²) >= 11 is 7.38. The third-order valence-electron chi connectivity index (χ3n) is 4.98. The van der Waals surface area contributed by atoms with Crippen LogP contribution < -0.4 is 15.0 Å². The number of benzene rings is 2. The highest BCUT2D eigenvalue weighted by molar-refractivity contribution is 7.09.